The lowest BCUT2D eigenvalue weighted by Crippen LogP contribution is -1.99. The van der Waals surface area contributed by atoms with E-state index >= 15 is 0 Å². The van der Waals surface area contributed by atoms with Gasteiger partial charge in [-0.15, -0.1) is 11.3 Å². The zero-order chi connectivity index (χ0) is 12.3. The second-order valence-corrected chi connectivity index (χ2v) is 5.49. The van der Waals surface area contributed by atoms with E-state index in [1.165, 1.54) is 11.8 Å². The summed E-state index contributed by atoms with van der Waals surface area (Å²) in [5, 5.41) is 11.1. The predicted octanol–water partition coefficient (Wildman–Crippen LogP) is 3.61. The lowest BCUT2D eigenvalue weighted by Gasteiger charge is -2.06. The molecule has 3 nitrogen and oxygen atoms in total. The van der Waals surface area contributed by atoms with E-state index in [1.807, 2.05) is 17.5 Å². The average Bonchev–Trinajstić information content (AvgIpc) is 2.81. The van der Waals surface area contributed by atoms with Crippen molar-refractivity contribution in [2.24, 2.45) is 0 Å². The molecule has 0 spiro atoms. The summed E-state index contributed by atoms with van der Waals surface area (Å²) in [6.45, 7) is 0. The number of methoxy groups -OCH3 is 1. The Balaban J connectivity index is 2.38. The van der Waals surface area contributed by atoms with Crippen LogP contribution in [0.4, 0.5) is 0 Å². The van der Waals surface area contributed by atoms with Crippen molar-refractivity contribution in [3.63, 3.8) is 0 Å². The molecule has 1 heterocycles. The van der Waals surface area contributed by atoms with E-state index in [1.54, 1.807) is 36.6 Å². The molecule has 0 saturated carbocycles. The Labute approximate surface area is 107 Å². The zero-order valence-electron chi connectivity index (χ0n) is 9.04. The van der Waals surface area contributed by atoms with Crippen LogP contribution in [0, 0.1) is 0 Å². The number of rotatable bonds is 4. The van der Waals surface area contributed by atoms with Crippen molar-refractivity contribution in [2.75, 3.05) is 7.11 Å². The van der Waals surface area contributed by atoms with E-state index in [2.05, 4.69) is 0 Å². The summed E-state index contributed by atoms with van der Waals surface area (Å²) < 4.78 is 6.16. The number of aromatic carboxylic acids is 1. The fourth-order valence-corrected chi connectivity index (χ4v) is 3.20. The summed E-state index contributed by atoms with van der Waals surface area (Å²) in [7, 11) is 1.56. The maximum absolute atomic E-state index is 11.1. The number of carboxylic acid groups (broad SMARTS) is 1. The molecule has 88 valence electrons. The number of hydrogen-bond donors (Lipinski definition) is 1. The lowest BCUT2D eigenvalue weighted by molar-refractivity contribution is 0.0693. The molecule has 0 aliphatic rings. The maximum Gasteiger partial charge on any atom is 0.336 e. The summed E-state index contributed by atoms with van der Waals surface area (Å²) >= 11 is 3.02. The second kappa shape index (κ2) is 5.25. The Kier molecular flexibility index (Phi) is 3.71. The van der Waals surface area contributed by atoms with Gasteiger partial charge in [0.2, 0.25) is 0 Å². The van der Waals surface area contributed by atoms with Gasteiger partial charge in [-0.05, 0) is 29.6 Å². The summed E-state index contributed by atoms with van der Waals surface area (Å²) in [6, 6.07) is 8.86. The number of thiophene rings is 1. The quantitative estimate of drug-likeness (QED) is 0.918. The molecule has 0 amide bonds. The Morgan fingerprint density at radius 1 is 1.41 bits per heavy atom. The third-order valence-electron chi connectivity index (χ3n) is 2.12. The highest BCUT2D eigenvalue weighted by atomic mass is 32.2. The van der Waals surface area contributed by atoms with Crippen LogP contribution in [0.25, 0.3) is 0 Å². The standard InChI is InChI=1S/C12H10O3S2/c1-15-8-4-5-9(12(13)14)10(7-8)17-11-3-2-6-16-11/h2-7H,1H3,(H,13,14). The zero-order valence-corrected chi connectivity index (χ0v) is 10.7. The van der Waals surface area contributed by atoms with Crippen molar-refractivity contribution in [2.45, 2.75) is 9.10 Å². The minimum absolute atomic E-state index is 0.296. The van der Waals surface area contributed by atoms with Gasteiger partial charge in [-0.3, -0.25) is 0 Å². The molecular formula is C12H10O3S2. The Hall–Kier alpha value is -1.46. The molecule has 17 heavy (non-hydrogen) atoms. The van der Waals surface area contributed by atoms with Gasteiger partial charge in [0.05, 0.1) is 16.9 Å². The molecule has 0 bridgehead atoms. The van der Waals surface area contributed by atoms with Crippen molar-refractivity contribution in [1.29, 1.82) is 0 Å². The highest BCUT2D eigenvalue weighted by Crippen LogP contribution is 2.35. The van der Waals surface area contributed by atoms with Gasteiger partial charge in [0.1, 0.15) is 5.75 Å². The van der Waals surface area contributed by atoms with Crippen LogP contribution in [0.1, 0.15) is 10.4 Å². The monoisotopic (exact) mass is 266 g/mol. The van der Waals surface area contributed by atoms with Crippen molar-refractivity contribution >= 4 is 29.1 Å². The van der Waals surface area contributed by atoms with E-state index in [-0.39, 0.29) is 0 Å². The molecule has 0 aliphatic carbocycles. The lowest BCUT2D eigenvalue weighted by atomic mass is 10.2. The fraction of sp³-hybridized carbons (Fsp3) is 0.0833. The van der Waals surface area contributed by atoms with E-state index in [9.17, 15) is 4.79 Å². The summed E-state index contributed by atoms with van der Waals surface area (Å²) in [5.41, 5.74) is 0.296. The van der Waals surface area contributed by atoms with Crippen LogP contribution < -0.4 is 4.74 Å². The van der Waals surface area contributed by atoms with Gasteiger partial charge >= 0.3 is 5.97 Å². The van der Waals surface area contributed by atoms with Crippen LogP contribution in [-0.2, 0) is 0 Å². The van der Waals surface area contributed by atoms with Crippen LogP contribution in [0.3, 0.4) is 0 Å². The topological polar surface area (TPSA) is 46.5 Å². The summed E-state index contributed by atoms with van der Waals surface area (Å²) in [4.78, 5) is 11.8. The first kappa shape index (κ1) is 12.0. The van der Waals surface area contributed by atoms with E-state index < -0.39 is 5.97 Å². The molecule has 0 radical (unpaired) electrons. The van der Waals surface area contributed by atoms with Crippen LogP contribution in [-0.4, -0.2) is 18.2 Å². The highest BCUT2D eigenvalue weighted by Gasteiger charge is 2.12. The SMILES string of the molecule is COc1ccc(C(=O)O)c(Sc2cccs2)c1. The first-order valence-electron chi connectivity index (χ1n) is 4.83. The minimum atomic E-state index is -0.924. The fourth-order valence-electron chi connectivity index (χ4n) is 1.32. The van der Waals surface area contributed by atoms with Gasteiger partial charge in [-0.25, -0.2) is 4.79 Å². The Morgan fingerprint density at radius 2 is 2.24 bits per heavy atom. The molecule has 0 unspecified atom stereocenters. The molecular weight excluding hydrogens is 256 g/mol. The average molecular weight is 266 g/mol. The third-order valence-corrected chi connectivity index (χ3v) is 4.22. The summed E-state index contributed by atoms with van der Waals surface area (Å²) in [6.07, 6.45) is 0. The van der Waals surface area contributed by atoms with Gasteiger partial charge in [-0.1, -0.05) is 17.8 Å². The smallest absolute Gasteiger partial charge is 0.336 e. The molecule has 0 aliphatic heterocycles. The number of hydrogen-bond acceptors (Lipinski definition) is 4. The number of carboxylic acids is 1. The molecule has 0 fully saturated rings. The normalized spacial score (nSPS) is 10.2. The largest absolute Gasteiger partial charge is 0.497 e. The highest BCUT2D eigenvalue weighted by molar-refractivity contribution is 8.01. The molecule has 5 heteroatoms. The van der Waals surface area contributed by atoms with Gasteiger partial charge in [0.25, 0.3) is 0 Å². The van der Waals surface area contributed by atoms with Gasteiger partial charge in [0.15, 0.2) is 0 Å². The molecule has 1 aromatic carbocycles. The van der Waals surface area contributed by atoms with Gasteiger partial charge < -0.3 is 9.84 Å². The van der Waals surface area contributed by atoms with Crippen molar-refractivity contribution < 1.29 is 14.6 Å². The van der Waals surface area contributed by atoms with Crippen molar-refractivity contribution in [1.82, 2.24) is 0 Å². The van der Waals surface area contributed by atoms with Crippen molar-refractivity contribution in [3.05, 3.63) is 41.3 Å². The van der Waals surface area contributed by atoms with E-state index in [4.69, 9.17) is 9.84 Å². The predicted molar refractivity (Wildman–Crippen MR) is 68.4 cm³/mol. The first-order chi connectivity index (χ1) is 8.20. The van der Waals surface area contributed by atoms with Crippen LogP contribution in [0.2, 0.25) is 0 Å². The molecule has 0 saturated heterocycles. The number of ether oxygens (including phenoxy) is 1. The second-order valence-electron chi connectivity index (χ2n) is 3.20. The summed E-state index contributed by atoms with van der Waals surface area (Å²) in [5.74, 6) is -0.263. The Morgan fingerprint density at radius 3 is 2.82 bits per heavy atom. The van der Waals surface area contributed by atoms with Crippen LogP contribution in [0.5, 0.6) is 5.75 Å². The molecule has 1 N–H and O–H groups in total. The van der Waals surface area contributed by atoms with E-state index in [0.29, 0.717) is 16.2 Å². The van der Waals surface area contributed by atoms with Crippen LogP contribution in [0.15, 0.2) is 44.8 Å². The van der Waals surface area contributed by atoms with Crippen LogP contribution >= 0.6 is 23.1 Å². The number of benzene rings is 1. The third kappa shape index (κ3) is 2.81. The maximum atomic E-state index is 11.1. The molecule has 2 aromatic rings. The molecule has 2 rings (SSSR count). The van der Waals surface area contributed by atoms with E-state index in [0.717, 1.165) is 4.21 Å². The van der Waals surface area contributed by atoms with Gasteiger partial charge in [0, 0.05) is 4.90 Å². The Bertz CT molecular complexity index is 521. The minimum Gasteiger partial charge on any atom is -0.497 e. The van der Waals surface area contributed by atoms with Gasteiger partial charge in [-0.2, -0.15) is 0 Å². The molecule has 0 atom stereocenters. The number of carbonyl (C=O) groups is 1. The van der Waals surface area contributed by atoms with Crippen molar-refractivity contribution in [3.8, 4) is 5.75 Å². The first-order valence-corrected chi connectivity index (χ1v) is 6.53. The molecule has 1 aromatic heterocycles.